The van der Waals surface area contributed by atoms with Crippen LogP contribution in [-0.2, 0) is 66.5 Å². The third kappa shape index (κ3) is 76.3. The maximum atomic E-state index is 13.3. The van der Waals surface area contributed by atoms with Gasteiger partial charge in [-0.05, 0) is 122 Å². The summed E-state index contributed by atoms with van der Waals surface area (Å²) in [5, 5.41) is 5.77. The summed E-state index contributed by atoms with van der Waals surface area (Å²) in [4.78, 5) is 83.8. The second-order valence-corrected chi connectivity index (χ2v) is 32.0. The van der Waals surface area contributed by atoms with Gasteiger partial charge in [-0.3, -0.25) is 19.2 Å². The smallest absolute Gasteiger partial charge is 0.407 e. The van der Waals surface area contributed by atoms with Crippen LogP contribution in [0.4, 0.5) is 9.59 Å². The maximum absolute atomic E-state index is 13.3. The van der Waals surface area contributed by atoms with Crippen LogP contribution >= 0.6 is 0 Å². The van der Waals surface area contributed by atoms with Crippen molar-refractivity contribution in [2.45, 2.75) is 394 Å². The number of hydrogen-bond acceptors (Lipinski definition) is 18. The van der Waals surface area contributed by atoms with Gasteiger partial charge in [-0.25, -0.2) is 9.59 Å². The Kier molecular flexibility index (Phi) is 80.5. The Balaban J connectivity index is 2.86. The van der Waals surface area contributed by atoms with Crippen LogP contribution < -0.4 is 10.6 Å². The van der Waals surface area contributed by atoms with Crippen LogP contribution in [0, 0.1) is 11.8 Å². The molecule has 2 N–H and O–H groups in total. The Labute approximate surface area is 702 Å². The number of allylic oxidation sites excluding steroid dienone is 8. The monoisotopic (exact) mass is 1630 g/mol. The molecule has 0 aromatic rings. The summed E-state index contributed by atoms with van der Waals surface area (Å²) in [6.07, 6.45) is 69.6. The molecule has 2 amide bonds. The first-order valence-electron chi connectivity index (χ1n) is 47.4. The Morgan fingerprint density at radius 2 is 0.539 bits per heavy atom. The zero-order valence-corrected chi connectivity index (χ0v) is 74.6. The summed E-state index contributed by atoms with van der Waals surface area (Å²) in [6, 6.07) is 0. The number of unbranched alkanes of at least 4 members (excludes halogenated alkanes) is 36. The number of alkyl carbamates (subject to hydrolysis) is 2. The number of nitrogens with zero attached hydrogens (tertiary/aromatic N) is 2. The van der Waals surface area contributed by atoms with Crippen molar-refractivity contribution in [1.29, 1.82) is 0 Å². The first-order chi connectivity index (χ1) is 56.5. The van der Waals surface area contributed by atoms with E-state index >= 15 is 0 Å². The lowest BCUT2D eigenvalue weighted by Gasteiger charge is -2.22. The minimum atomic E-state index is -0.612. The van der Waals surface area contributed by atoms with Gasteiger partial charge in [0.15, 0.2) is 12.6 Å². The van der Waals surface area contributed by atoms with Crippen molar-refractivity contribution < 1.29 is 76.1 Å². The number of rotatable bonds is 84. The molecule has 2 atom stereocenters. The molecule has 0 saturated carbocycles. The topological polar surface area (TPSA) is 225 Å². The van der Waals surface area contributed by atoms with Gasteiger partial charge in [0.2, 0.25) is 0 Å². The lowest BCUT2D eigenvalue weighted by atomic mass is 10.1. The Bertz CT molecular complexity index is 2150. The molecule has 0 aromatic heterocycles. The highest BCUT2D eigenvalue weighted by Gasteiger charge is 2.23. The SMILES string of the molecule is CCCCC/C=C\C/C=C\CCCCCCCC(=O)OCC(COC(=O)CCC(OCCCCCCCC)OCCCCCCCC)COC(=O)NCCN1CCCN(CCNC(=O)OCC(COC(=O)CCCCCCC/C=C\C/C=C\CCCCC)COC(=O)CCC(OCCCCCCCC)OCCCCCCCC)CC1. The predicted molar refractivity (Wildman–Crippen MR) is 469 cm³/mol. The average Bonchev–Trinajstić information content (AvgIpc) is 1.92. The van der Waals surface area contributed by atoms with E-state index in [-0.39, 0.29) is 77.3 Å². The molecule has 1 rings (SSSR count). The summed E-state index contributed by atoms with van der Waals surface area (Å²) in [7, 11) is 0. The summed E-state index contributed by atoms with van der Waals surface area (Å²) in [6.45, 7) is 20.1. The molecule has 2 unspecified atom stereocenters. The van der Waals surface area contributed by atoms with E-state index in [1.54, 1.807) is 0 Å². The number of amides is 2. The van der Waals surface area contributed by atoms with Gasteiger partial charge in [0.25, 0.3) is 0 Å². The molecule has 1 heterocycles. The van der Waals surface area contributed by atoms with Gasteiger partial charge in [-0.15, -0.1) is 0 Å². The van der Waals surface area contributed by atoms with Crippen LogP contribution in [0.3, 0.4) is 0 Å². The molecule has 1 aliphatic rings. The molecule has 0 bridgehead atoms. The summed E-state index contributed by atoms with van der Waals surface area (Å²) < 4.78 is 59.2. The maximum Gasteiger partial charge on any atom is 0.407 e. The molecule has 0 aliphatic carbocycles. The second-order valence-electron chi connectivity index (χ2n) is 32.0. The molecule has 1 aliphatic heterocycles. The van der Waals surface area contributed by atoms with Gasteiger partial charge in [-0.2, -0.15) is 0 Å². The highest BCUT2D eigenvalue weighted by molar-refractivity contribution is 5.71. The van der Waals surface area contributed by atoms with Gasteiger partial charge in [0.1, 0.15) is 39.6 Å². The van der Waals surface area contributed by atoms with E-state index in [2.05, 4.69) is 111 Å². The van der Waals surface area contributed by atoms with Crippen LogP contribution in [0.1, 0.15) is 382 Å². The van der Waals surface area contributed by atoms with Crippen molar-refractivity contribution in [1.82, 2.24) is 20.4 Å². The quantitative estimate of drug-likeness (QED) is 0.0190. The first kappa shape index (κ1) is 108. The van der Waals surface area contributed by atoms with Crippen molar-refractivity contribution >= 4 is 36.1 Å². The number of hydrogen-bond donors (Lipinski definition) is 2. The van der Waals surface area contributed by atoms with Gasteiger partial charge >= 0.3 is 36.1 Å². The van der Waals surface area contributed by atoms with Gasteiger partial charge in [-0.1, -0.05) is 283 Å². The molecular formula is C95H174N4O16. The minimum Gasteiger partial charge on any atom is -0.465 e. The third-order valence-electron chi connectivity index (χ3n) is 20.9. The van der Waals surface area contributed by atoms with E-state index in [9.17, 15) is 28.8 Å². The molecule has 0 radical (unpaired) electrons. The number of carbonyl (C=O) groups is 6. The van der Waals surface area contributed by atoms with E-state index in [4.69, 9.17) is 47.4 Å². The van der Waals surface area contributed by atoms with E-state index in [1.807, 2.05) is 0 Å². The summed E-state index contributed by atoms with van der Waals surface area (Å²) in [5.74, 6) is -2.65. The Morgan fingerprint density at radius 3 is 0.852 bits per heavy atom. The molecule has 1 fully saturated rings. The lowest BCUT2D eigenvalue weighted by molar-refractivity contribution is -0.161. The van der Waals surface area contributed by atoms with Gasteiger partial charge < -0.3 is 67.8 Å². The van der Waals surface area contributed by atoms with Crippen molar-refractivity contribution in [3.05, 3.63) is 48.6 Å². The zero-order chi connectivity index (χ0) is 83.3. The van der Waals surface area contributed by atoms with Crippen molar-refractivity contribution in [2.75, 3.05) is 118 Å². The van der Waals surface area contributed by atoms with Crippen molar-refractivity contribution in [2.24, 2.45) is 11.8 Å². The number of carbonyl (C=O) groups excluding carboxylic acids is 6. The molecule has 0 spiro atoms. The number of nitrogens with one attached hydrogen (secondary N) is 2. The molecule has 115 heavy (non-hydrogen) atoms. The van der Waals surface area contributed by atoms with Crippen LogP contribution in [0.5, 0.6) is 0 Å². The fraction of sp³-hybridized carbons (Fsp3) is 0.853. The first-order valence-corrected chi connectivity index (χ1v) is 47.4. The standard InChI is InChI=1S/C95H174N4O16/c1-7-13-19-25-31-33-35-37-39-41-43-45-47-49-55-62-88(100)110-80-86(82-112-90(102)64-66-92(106-76-57-51-27-21-15-9-3)107-77-58-52-28-22-16-10-4)84-114-94(104)96-68-72-98-70-61-71-99(75-74-98)73-69-97-95(105)115-85-87(81-111-89(101)63-56-50-48-46-44-42-40-38-36-34-32-26-20-14-8-2)83-113-91(103)65-67-93(108-78-59-53-29-23-17-11-5)109-79-60-54-30-24-18-12-6/h31-34,37-40,86-87,92-93H,7-30,35-36,41-85H2,1-6H3,(H,96,104)(H,97,105)/b33-31-,34-32-,39-37-,40-38-. The fourth-order valence-corrected chi connectivity index (χ4v) is 13.5. The third-order valence-corrected chi connectivity index (χ3v) is 20.9. The van der Waals surface area contributed by atoms with E-state index in [1.165, 1.54) is 141 Å². The summed E-state index contributed by atoms with van der Waals surface area (Å²) in [5.41, 5.74) is 0. The Hall–Kier alpha value is -4.86. The molecule has 670 valence electrons. The number of esters is 4. The van der Waals surface area contributed by atoms with Crippen molar-refractivity contribution in [3.63, 3.8) is 0 Å². The minimum absolute atomic E-state index is 0.0607. The normalized spacial score (nSPS) is 13.6. The highest BCUT2D eigenvalue weighted by atomic mass is 16.7. The van der Waals surface area contributed by atoms with Crippen LogP contribution in [0.15, 0.2) is 48.6 Å². The van der Waals surface area contributed by atoms with Gasteiger partial charge in [0, 0.05) is 91.4 Å². The second kappa shape index (κ2) is 85.6. The predicted octanol–water partition coefficient (Wildman–Crippen LogP) is 23.2. The average molecular weight is 1630 g/mol. The molecule has 20 heteroatoms. The van der Waals surface area contributed by atoms with Crippen LogP contribution in [0.25, 0.3) is 0 Å². The van der Waals surface area contributed by atoms with Gasteiger partial charge in [0.05, 0.1) is 24.7 Å². The highest BCUT2D eigenvalue weighted by Crippen LogP contribution is 2.19. The zero-order valence-electron chi connectivity index (χ0n) is 74.6. The number of ether oxygens (including phenoxy) is 10. The Morgan fingerprint density at radius 1 is 0.287 bits per heavy atom. The molecule has 20 nitrogen and oxygen atoms in total. The summed E-state index contributed by atoms with van der Waals surface area (Å²) >= 11 is 0. The van der Waals surface area contributed by atoms with Crippen molar-refractivity contribution in [3.8, 4) is 0 Å². The van der Waals surface area contributed by atoms with E-state index in [0.717, 1.165) is 187 Å². The van der Waals surface area contributed by atoms with E-state index < -0.39 is 48.5 Å². The molecule has 0 aromatic carbocycles. The molecular weight excluding hydrogens is 1450 g/mol. The molecule has 1 saturated heterocycles. The lowest BCUT2D eigenvalue weighted by Crippen LogP contribution is -2.39. The fourth-order valence-electron chi connectivity index (χ4n) is 13.5. The van der Waals surface area contributed by atoms with Crippen LogP contribution in [0.2, 0.25) is 0 Å². The van der Waals surface area contributed by atoms with E-state index in [0.29, 0.717) is 65.4 Å². The largest absolute Gasteiger partial charge is 0.465 e. The van der Waals surface area contributed by atoms with Crippen LogP contribution in [-0.4, -0.2) is 177 Å².